The zero-order valence-electron chi connectivity index (χ0n) is 17.7. The van der Waals surface area contributed by atoms with Gasteiger partial charge in [0.2, 0.25) is 11.8 Å². The van der Waals surface area contributed by atoms with Gasteiger partial charge >= 0.3 is 0 Å². The SMILES string of the molecule is COc1ccccc1-c1cc(OCCC(C)(C)O)nc(NS(=O)(=O)c2cnn(C)c2)n1. The number of nitrogens with one attached hydrogen (secondary N) is 1. The molecular formula is C20H25N5O5S. The van der Waals surface area contributed by atoms with Crippen LogP contribution in [0.15, 0.2) is 47.6 Å². The molecule has 0 unspecified atom stereocenters. The van der Waals surface area contributed by atoms with Crippen LogP contribution in [0.4, 0.5) is 5.95 Å². The quantitative estimate of drug-likeness (QED) is 0.511. The highest BCUT2D eigenvalue weighted by atomic mass is 32.2. The van der Waals surface area contributed by atoms with Crippen LogP contribution in [-0.4, -0.2) is 52.6 Å². The van der Waals surface area contributed by atoms with Crippen LogP contribution in [0.25, 0.3) is 11.3 Å². The van der Waals surface area contributed by atoms with Crippen molar-refractivity contribution in [2.24, 2.45) is 7.05 Å². The van der Waals surface area contributed by atoms with Gasteiger partial charge in [-0.15, -0.1) is 0 Å². The molecule has 166 valence electrons. The molecule has 0 saturated carbocycles. The molecule has 0 spiro atoms. The maximum Gasteiger partial charge on any atom is 0.267 e. The van der Waals surface area contributed by atoms with Crippen LogP contribution < -0.4 is 14.2 Å². The van der Waals surface area contributed by atoms with E-state index in [1.165, 1.54) is 24.2 Å². The van der Waals surface area contributed by atoms with Gasteiger partial charge in [0.15, 0.2) is 0 Å². The van der Waals surface area contributed by atoms with Gasteiger partial charge in [0, 0.05) is 31.3 Å². The van der Waals surface area contributed by atoms with Gasteiger partial charge in [-0.1, -0.05) is 12.1 Å². The Hall–Kier alpha value is -3.18. The number of nitrogens with zero attached hydrogens (tertiary/aromatic N) is 4. The van der Waals surface area contributed by atoms with Crippen molar-refractivity contribution in [2.75, 3.05) is 18.4 Å². The second kappa shape index (κ2) is 8.90. The van der Waals surface area contributed by atoms with Crippen molar-refractivity contribution < 1.29 is 23.0 Å². The van der Waals surface area contributed by atoms with Crippen LogP contribution in [0.5, 0.6) is 11.6 Å². The fourth-order valence-electron chi connectivity index (χ4n) is 2.66. The maximum absolute atomic E-state index is 12.7. The van der Waals surface area contributed by atoms with Crippen LogP contribution in [0.1, 0.15) is 20.3 Å². The van der Waals surface area contributed by atoms with Crippen LogP contribution in [0, 0.1) is 0 Å². The molecule has 0 aliphatic carbocycles. The zero-order valence-corrected chi connectivity index (χ0v) is 18.5. The summed E-state index contributed by atoms with van der Waals surface area (Å²) >= 11 is 0. The maximum atomic E-state index is 12.7. The highest BCUT2D eigenvalue weighted by Gasteiger charge is 2.20. The second-order valence-corrected chi connectivity index (χ2v) is 9.16. The lowest BCUT2D eigenvalue weighted by molar-refractivity contribution is 0.0547. The molecule has 2 heterocycles. The molecular weight excluding hydrogens is 422 g/mol. The first-order valence-corrected chi connectivity index (χ1v) is 10.9. The number of methoxy groups -OCH3 is 1. The van der Waals surface area contributed by atoms with E-state index in [0.717, 1.165) is 0 Å². The monoisotopic (exact) mass is 447 g/mol. The predicted molar refractivity (Wildman–Crippen MR) is 114 cm³/mol. The standard InChI is InChI=1S/C20H25N5O5S/c1-20(2,26)9-10-30-18-11-16(15-7-5-6-8-17(15)29-4)22-19(23-18)24-31(27,28)14-12-21-25(3)13-14/h5-8,11-13,26H,9-10H2,1-4H3,(H,22,23,24). The van der Waals surface area contributed by atoms with Crippen molar-refractivity contribution in [1.82, 2.24) is 19.7 Å². The number of anilines is 1. The average molecular weight is 448 g/mol. The molecule has 0 bridgehead atoms. The molecule has 10 nitrogen and oxygen atoms in total. The third kappa shape index (κ3) is 5.92. The summed E-state index contributed by atoms with van der Waals surface area (Å²) in [5, 5.41) is 13.8. The third-order valence-electron chi connectivity index (χ3n) is 4.27. The molecule has 3 aromatic rings. The molecule has 0 atom stereocenters. The zero-order chi connectivity index (χ0) is 22.6. The van der Waals surface area contributed by atoms with E-state index in [4.69, 9.17) is 9.47 Å². The molecule has 11 heteroatoms. The molecule has 0 amide bonds. The van der Waals surface area contributed by atoms with Crippen molar-refractivity contribution in [2.45, 2.75) is 30.8 Å². The lowest BCUT2D eigenvalue weighted by Gasteiger charge is -2.17. The highest BCUT2D eigenvalue weighted by Crippen LogP contribution is 2.31. The van der Waals surface area contributed by atoms with Crippen LogP contribution in [0.3, 0.4) is 0 Å². The Morgan fingerprint density at radius 2 is 1.97 bits per heavy atom. The van der Waals surface area contributed by atoms with Crippen molar-refractivity contribution in [3.05, 3.63) is 42.7 Å². The molecule has 0 aliphatic heterocycles. The minimum Gasteiger partial charge on any atom is -0.496 e. The van der Waals surface area contributed by atoms with E-state index < -0.39 is 15.6 Å². The summed E-state index contributed by atoms with van der Waals surface area (Å²) in [6.07, 6.45) is 2.96. The van der Waals surface area contributed by atoms with E-state index in [1.54, 1.807) is 39.1 Å². The summed E-state index contributed by atoms with van der Waals surface area (Å²) in [6.45, 7) is 3.52. The van der Waals surface area contributed by atoms with Crippen molar-refractivity contribution >= 4 is 16.0 Å². The van der Waals surface area contributed by atoms with Crippen LogP contribution in [-0.2, 0) is 17.1 Å². The van der Waals surface area contributed by atoms with E-state index in [9.17, 15) is 13.5 Å². The predicted octanol–water partition coefficient (Wildman–Crippen LogP) is 2.23. The number of hydrogen-bond acceptors (Lipinski definition) is 8. The smallest absolute Gasteiger partial charge is 0.267 e. The Kier molecular flexibility index (Phi) is 6.46. The number of aryl methyl sites for hydroxylation is 1. The molecule has 0 saturated heterocycles. The van der Waals surface area contributed by atoms with Gasteiger partial charge in [-0.3, -0.25) is 4.68 Å². The number of aliphatic hydroxyl groups is 1. The van der Waals surface area contributed by atoms with E-state index in [0.29, 0.717) is 23.4 Å². The lowest BCUT2D eigenvalue weighted by Crippen LogP contribution is -2.22. The fraction of sp³-hybridized carbons (Fsp3) is 0.350. The summed E-state index contributed by atoms with van der Waals surface area (Å²) < 4.78 is 40.2. The normalized spacial score (nSPS) is 11.9. The van der Waals surface area contributed by atoms with Crippen LogP contribution in [0.2, 0.25) is 0 Å². The fourth-order valence-corrected chi connectivity index (χ4v) is 3.59. The first-order valence-electron chi connectivity index (χ1n) is 9.46. The summed E-state index contributed by atoms with van der Waals surface area (Å²) in [4.78, 5) is 8.50. The summed E-state index contributed by atoms with van der Waals surface area (Å²) in [5.74, 6) is 0.555. The Morgan fingerprint density at radius 1 is 1.23 bits per heavy atom. The van der Waals surface area contributed by atoms with Crippen molar-refractivity contribution in [3.63, 3.8) is 0 Å². The molecule has 31 heavy (non-hydrogen) atoms. The van der Waals surface area contributed by atoms with Gasteiger partial charge < -0.3 is 14.6 Å². The Balaban J connectivity index is 1.98. The Morgan fingerprint density at radius 3 is 2.61 bits per heavy atom. The first kappa shape index (κ1) is 22.5. The van der Waals surface area contributed by atoms with Gasteiger partial charge in [-0.05, 0) is 26.0 Å². The number of ether oxygens (including phenoxy) is 2. The van der Waals surface area contributed by atoms with Crippen LogP contribution >= 0.6 is 0 Å². The highest BCUT2D eigenvalue weighted by molar-refractivity contribution is 7.92. The van der Waals surface area contributed by atoms with Gasteiger partial charge in [0.25, 0.3) is 10.0 Å². The lowest BCUT2D eigenvalue weighted by atomic mass is 10.1. The molecule has 0 aliphatic rings. The van der Waals surface area contributed by atoms with E-state index >= 15 is 0 Å². The molecule has 3 rings (SSSR count). The van der Waals surface area contributed by atoms with Crippen molar-refractivity contribution in [3.8, 4) is 22.9 Å². The summed E-state index contributed by atoms with van der Waals surface area (Å²) in [7, 11) is -0.801. The molecule has 1 aromatic carbocycles. The molecule has 0 fully saturated rings. The van der Waals surface area contributed by atoms with E-state index in [1.807, 2.05) is 12.1 Å². The van der Waals surface area contributed by atoms with Crippen molar-refractivity contribution in [1.29, 1.82) is 0 Å². The number of para-hydroxylation sites is 1. The average Bonchev–Trinajstić information content (AvgIpc) is 3.14. The molecule has 2 N–H and O–H groups in total. The topological polar surface area (TPSA) is 128 Å². The number of benzene rings is 1. The van der Waals surface area contributed by atoms with E-state index in [-0.39, 0.29) is 23.3 Å². The number of aromatic nitrogens is 4. The minimum absolute atomic E-state index is 0.0224. The molecule has 2 aromatic heterocycles. The van der Waals surface area contributed by atoms with Gasteiger partial charge in [0.05, 0.1) is 31.2 Å². The number of hydrogen-bond donors (Lipinski definition) is 2. The summed E-state index contributed by atoms with van der Waals surface area (Å²) in [6, 6.07) is 8.78. The number of rotatable bonds is 9. The Labute approximate surface area is 180 Å². The van der Waals surface area contributed by atoms with Gasteiger partial charge in [-0.25, -0.2) is 18.1 Å². The number of sulfonamides is 1. The largest absolute Gasteiger partial charge is 0.496 e. The second-order valence-electron chi connectivity index (χ2n) is 7.48. The minimum atomic E-state index is -3.95. The molecule has 0 radical (unpaired) electrons. The third-order valence-corrected chi connectivity index (χ3v) is 5.55. The van der Waals surface area contributed by atoms with Gasteiger partial charge in [-0.2, -0.15) is 10.1 Å². The summed E-state index contributed by atoms with van der Waals surface area (Å²) in [5.41, 5.74) is 0.139. The van der Waals surface area contributed by atoms with Gasteiger partial charge in [0.1, 0.15) is 10.6 Å². The Bertz CT molecular complexity index is 1150. The first-order chi connectivity index (χ1) is 14.6. The van der Waals surface area contributed by atoms with E-state index in [2.05, 4.69) is 19.8 Å².